The van der Waals surface area contributed by atoms with E-state index in [-0.39, 0.29) is 22.1 Å². The fourth-order valence-electron chi connectivity index (χ4n) is 3.32. The molecule has 0 unspecified atom stereocenters. The Labute approximate surface area is 170 Å². The topological polar surface area (TPSA) is 80.6 Å². The number of carbonyl (C=O) groups excluding carboxylic acids is 1. The number of nitrogens with one attached hydrogen (secondary N) is 1. The number of hydrogen-bond acceptors (Lipinski definition) is 4. The molecule has 1 aliphatic heterocycles. The highest BCUT2D eigenvalue weighted by atomic mass is 35.5. The SMILES string of the molecule is Cc1ccc(NS(=O)(=O)c2c(C(=O)N3CCOCC3)c(C)n(C)c2C)c(Cl)c1. The van der Waals surface area contributed by atoms with Gasteiger partial charge < -0.3 is 14.2 Å². The number of aromatic nitrogens is 1. The van der Waals surface area contributed by atoms with Gasteiger partial charge in [0.2, 0.25) is 0 Å². The summed E-state index contributed by atoms with van der Waals surface area (Å²) in [7, 11) is -2.28. The molecule has 1 fully saturated rings. The maximum absolute atomic E-state index is 13.3. The zero-order valence-corrected chi connectivity index (χ0v) is 17.9. The molecule has 1 aliphatic rings. The monoisotopic (exact) mass is 425 g/mol. The maximum Gasteiger partial charge on any atom is 0.264 e. The average molecular weight is 426 g/mol. The smallest absolute Gasteiger partial charge is 0.264 e. The van der Waals surface area contributed by atoms with Crippen LogP contribution in [-0.2, 0) is 21.8 Å². The van der Waals surface area contributed by atoms with Crippen LogP contribution in [0.25, 0.3) is 0 Å². The van der Waals surface area contributed by atoms with Crippen molar-refractivity contribution in [1.29, 1.82) is 0 Å². The molecule has 0 saturated carbocycles. The third-order valence-electron chi connectivity index (χ3n) is 5.07. The van der Waals surface area contributed by atoms with E-state index in [1.807, 2.05) is 6.92 Å². The number of benzene rings is 1. The van der Waals surface area contributed by atoms with E-state index in [0.717, 1.165) is 5.56 Å². The molecule has 0 atom stereocenters. The van der Waals surface area contributed by atoms with E-state index < -0.39 is 10.0 Å². The molecule has 1 N–H and O–H groups in total. The standard InChI is InChI=1S/C19H24ClN3O4S/c1-12-5-6-16(15(20)11-12)21-28(25,26)18-14(3)22(4)13(2)17(18)19(24)23-7-9-27-10-8-23/h5-6,11,21H,7-10H2,1-4H3. The lowest BCUT2D eigenvalue weighted by molar-refractivity contribution is 0.0300. The lowest BCUT2D eigenvalue weighted by Gasteiger charge is -2.27. The molecular formula is C19H24ClN3O4S. The predicted molar refractivity (Wildman–Crippen MR) is 109 cm³/mol. The molecule has 9 heteroatoms. The summed E-state index contributed by atoms with van der Waals surface area (Å²) in [6.45, 7) is 7.05. The van der Waals surface area contributed by atoms with E-state index in [2.05, 4.69) is 4.72 Å². The summed E-state index contributed by atoms with van der Waals surface area (Å²) in [5.74, 6) is -0.306. The summed E-state index contributed by atoms with van der Waals surface area (Å²) in [6.07, 6.45) is 0. The van der Waals surface area contributed by atoms with E-state index in [1.54, 1.807) is 48.6 Å². The number of ether oxygens (including phenoxy) is 1. The van der Waals surface area contributed by atoms with Gasteiger partial charge in [0.1, 0.15) is 4.90 Å². The van der Waals surface area contributed by atoms with Crippen LogP contribution in [0.15, 0.2) is 23.1 Å². The van der Waals surface area contributed by atoms with Crippen molar-refractivity contribution in [3.8, 4) is 0 Å². The summed E-state index contributed by atoms with van der Waals surface area (Å²) in [4.78, 5) is 14.8. The first-order valence-corrected chi connectivity index (χ1v) is 10.8. The van der Waals surface area contributed by atoms with E-state index in [0.29, 0.717) is 42.7 Å². The molecule has 152 valence electrons. The van der Waals surface area contributed by atoms with Crippen molar-refractivity contribution in [3.63, 3.8) is 0 Å². The minimum absolute atomic E-state index is 0.0133. The summed E-state index contributed by atoms with van der Waals surface area (Å²) < 4.78 is 36.1. The predicted octanol–water partition coefficient (Wildman–Crippen LogP) is 2.88. The largest absolute Gasteiger partial charge is 0.378 e. The zero-order chi connectivity index (χ0) is 20.6. The van der Waals surface area contributed by atoms with Gasteiger partial charge in [0.25, 0.3) is 15.9 Å². The Kier molecular flexibility index (Phi) is 5.74. The van der Waals surface area contributed by atoms with Gasteiger partial charge in [-0.25, -0.2) is 8.42 Å². The van der Waals surface area contributed by atoms with Gasteiger partial charge in [0.05, 0.1) is 29.5 Å². The molecule has 0 radical (unpaired) electrons. The van der Waals surface area contributed by atoms with E-state index >= 15 is 0 Å². The molecule has 0 aliphatic carbocycles. The molecule has 3 rings (SSSR count). The molecule has 1 aromatic heterocycles. The van der Waals surface area contributed by atoms with Gasteiger partial charge in [-0.15, -0.1) is 0 Å². The molecule has 7 nitrogen and oxygen atoms in total. The Bertz CT molecular complexity index is 1020. The first-order chi connectivity index (χ1) is 13.1. The van der Waals surface area contributed by atoms with Crippen LogP contribution in [0.3, 0.4) is 0 Å². The van der Waals surface area contributed by atoms with Crippen molar-refractivity contribution >= 4 is 33.2 Å². The number of hydrogen-bond donors (Lipinski definition) is 1. The van der Waals surface area contributed by atoms with Gasteiger partial charge in [-0.2, -0.15) is 0 Å². The van der Waals surface area contributed by atoms with Crippen molar-refractivity contribution in [2.75, 3.05) is 31.0 Å². The highest BCUT2D eigenvalue weighted by Gasteiger charge is 2.33. The second-order valence-electron chi connectivity index (χ2n) is 6.93. The maximum atomic E-state index is 13.3. The number of nitrogens with zero attached hydrogens (tertiary/aromatic N) is 2. The van der Waals surface area contributed by atoms with Crippen LogP contribution < -0.4 is 4.72 Å². The number of anilines is 1. The van der Waals surface area contributed by atoms with Crippen molar-refractivity contribution in [3.05, 3.63) is 45.7 Å². The highest BCUT2D eigenvalue weighted by molar-refractivity contribution is 7.92. The van der Waals surface area contributed by atoms with Crippen LogP contribution in [0.4, 0.5) is 5.69 Å². The van der Waals surface area contributed by atoms with Crippen LogP contribution in [0.1, 0.15) is 27.3 Å². The lowest BCUT2D eigenvalue weighted by atomic mass is 10.2. The first kappa shape index (κ1) is 20.7. The van der Waals surface area contributed by atoms with Crippen LogP contribution in [0, 0.1) is 20.8 Å². The summed E-state index contributed by atoms with van der Waals surface area (Å²) in [6, 6.07) is 5.07. The van der Waals surface area contributed by atoms with Crippen LogP contribution in [0.5, 0.6) is 0 Å². The number of morpholine rings is 1. The van der Waals surface area contributed by atoms with E-state index in [9.17, 15) is 13.2 Å². The van der Waals surface area contributed by atoms with Crippen molar-refractivity contribution in [2.24, 2.45) is 7.05 Å². The number of rotatable bonds is 4. The highest BCUT2D eigenvalue weighted by Crippen LogP contribution is 2.31. The third-order valence-corrected chi connectivity index (χ3v) is 6.91. The minimum atomic E-state index is -4.03. The minimum Gasteiger partial charge on any atom is -0.378 e. The molecule has 1 saturated heterocycles. The summed E-state index contributed by atoms with van der Waals surface area (Å²) in [5.41, 5.74) is 2.48. The zero-order valence-electron chi connectivity index (χ0n) is 16.4. The third kappa shape index (κ3) is 3.76. The van der Waals surface area contributed by atoms with Gasteiger partial charge in [-0.1, -0.05) is 17.7 Å². The Morgan fingerprint density at radius 1 is 1.14 bits per heavy atom. The van der Waals surface area contributed by atoms with Crippen molar-refractivity contribution in [2.45, 2.75) is 25.7 Å². The van der Waals surface area contributed by atoms with Crippen LogP contribution in [0.2, 0.25) is 5.02 Å². The van der Waals surface area contributed by atoms with E-state index in [4.69, 9.17) is 16.3 Å². The molecule has 0 spiro atoms. The van der Waals surface area contributed by atoms with Crippen LogP contribution in [-0.4, -0.2) is 50.1 Å². The molecule has 1 aromatic carbocycles. The number of sulfonamides is 1. The van der Waals surface area contributed by atoms with Gasteiger partial charge in [-0.3, -0.25) is 9.52 Å². The Morgan fingerprint density at radius 2 is 1.79 bits per heavy atom. The summed E-state index contributed by atoms with van der Waals surface area (Å²) >= 11 is 6.20. The van der Waals surface area contributed by atoms with Gasteiger partial charge in [0, 0.05) is 31.5 Å². The van der Waals surface area contributed by atoms with Crippen molar-refractivity contribution in [1.82, 2.24) is 9.47 Å². The summed E-state index contributed by atoms with van der Waals surface area (Å²) in [5, 5.41) is 0.301. The molecule has 0 bridgehead atoms. The molecule has 28 heavy (non-hydrogen) atoms. The normalized spacial score (nSPS) is 15.0. The molecule has 2 aromatic rings. The molecular weight excluding hydrogens is 402 g/mol. The molecule has 2 heterocycles. The quantitative estimate of drug-likeness (QED) is 0.816. The van der Waals surface area contributed by atoms with Crippen molar-refractivity contribution < 1.29 is 17.9 Å². The average Bonchev–Trinajstić information content (AvgIpc) is 2.89. The molecule has 1 amide bonds. The Hall–Kier alpha value is -2.03. The first-order valence-electron chi connectivity index (χ1n) is 8.95. The second-order valence-corrected chi connectivity index (χ2v) is 8.95. The fraction of sp³-hybridized carbons (Fsp3) is 0.421. The van der Waals surface area contributed by atoms with Gasteiger partial charge >= 0.3 is 0 Å². The van der Waals surface area contributed by atoms with Crippen LogP contribution >= 0.6 is 11.6 Å². The van der Waals surface area contributed by atoms with Gasteiger partial charge in [0.15, 0.2) is 0 Å². The number of halogens is 1. The number of aryl methyl sites for hydroxylation is 1. The fourth-order valence-corrected chi connectivity index (χ4v) is 5.26. The number of amides is 1. The Morgan fingerprint density at radius 3 is 2.39 bits per heavy atom. The van der Waals surface area contributed by atoms with E-state index in [1.165, 1.54) is 0 Å². The number of carbonyl (C=O) groups is 1. The second kappa shape index (κ2) is 7.77. The van der Waals surface area contributed by atoms with Gasteiger partial charge in [-0.05, 0) is 38.5 Å². The Balaban J connectivity index is 2.07. The lowest BCUT2D eigenvalue weighted by Crippen LogP contribution is -2.41.